The van der Waals surface area contributed by atoms with Gasteiger partial charge < -0.3 is 15.0 Å². The van der Waals surface area contributed by atoms with Crippen LogP contribution in [0.15, 0.2) is 0 Å². The Morgan fingerprint density at radius 2 is 2.22 bits per heavy atom. The Balaban J connectivity index is 1.94. The van der Waals surface area contributed by atoms with Gasteiger partial charge in [-0.25, -0.2) is 0 Å². The van der Waals surface area contributed by atoms with Gasteiger partial charge in [-0.05, 0) is 26.3 Å². The van der Waals surface area contributed by atoms with Crippen molar-refractivity contribution in [2.45, 2.75) is 45.8 Å². The molecular weight excluding hydrogens is 228 g/mol. The van der Waals surface area contributed by atoms with E-state index in [2.05, 4.69) is 19.2 Å². The Hall–Kier alpha value is -0.610. The van der Waals surface area contributed by atoms with Gasteiger partial charge in [-0.1, -0.05) is 13.8 Å². The van der Waals surface area contributed by atoms with Gasteiger partial charge in [0, 0.05) is 31.7 Å². The molecule has 0 radical (unpaired) electrons. The molecule has 0 spiro atoms. The van der Waals surface area contributed by atoms with Crippen molar-refractivity contribution in [2.75, 3.05) is 26.7 Å². The Kier molecular flexibility index (Phi) is 3.97. The molecule has 1 N–H and O–H groups in total. The van der Waals surface area contributed by atoms with Crippen LogP contribution in [0.3, 0.4) is 0 Å². The lowest BCUT2D eigenvalue weighted by Gasteiger charge is -2.55. The van der Waals surface area contributed by atoms with Crippen LogP contribution in [0.5, 0.6) is 0 Å². The third-order valence-electron chi connectivity index (χ3n) is 4.72. The monoisotopic (exact) mass is 254 g/mol. The van der Waals surface area contributed by atoms with Crippen LogP contribution in [-0.2, 0) is 9.53 Å². The second-order valence-electron chi connectivity index (χ2n) is 6.16. The van der Waals surface area contributed by atoms with Crippen LogP contribution in [0.4, 0.5) is 0 Å². The molecule has 0 aromatic heterocycles. The molecule has 1 aliphatic carbocycles. The predicted octanol–water partition coefficient (Wildman–Crippen LogP) is 1.26. The summed E-state index contributed by atoms with van der Waals surface area (Å²) in [5, 5.41) is 3.26. The minimum Gasteiger partial charge on any atom is -0.378 e. The molecule has 2 fully saturated rings. The normalized spacial score (nSPS) is 34.1. The third kappa shape index (κ3) is 2.28. The second kappa shape index (κ2) is 5.17. The van der Waals surface area contributed by atoms with Crippen LogP contribution < -0.4 is 5.32 Å². The van der Waals surface area contributed by atoms with Crippen molar-refractivity contribution in [1.29, 1.82) is 0 Å². The number of carbonyl (C=O) groups is 1. The van der Waals surface area contributed by atoms with E-state index in [-0.39, 0.29) is 11.3 Å². The van der Waals surface area contributed by atoms with E-state index >= 15 is 0 Å². The summed E-state index contributed by atoms with van der Waals surface area (Å²) in [6, 6.07) is 0.321. The largest absolute Gasteiger partial charge is 0.378 e. The molecule has 1 saturated heterocycles. The number of nitrogens with zero attached hydrogens (tertiary/aromatic N) is 1. The number of amides is 1. The zero-order valence-corrected chi connectivity index (χ0v) is 12.0. The molecule has 1 amide bonds. The fourth-order valence-electron chi connectivity index (χ4n) is 3.31. The lowest BCUT2D eigenvalue weighted by atomic mass is 9.63. The molecule has 0 aromatic carbocycles. The number of carbonyl (C=O) groups excluding carboxylic acids is 1. The molecule has 1 heterocycles. The van der Waals surface area contributed by atoms with Crippen LogP contribution >= 0.6 is 0 Å². The van der Waals surface area contributed by atoms with Gasteiger partial charge in [0.1, 0.15) is 0 Å². The predicted molar refractivity (Wildman–Crippen MR) is 71.3 cm³/mol. The fraction of sp³-hybridized carbons (Fsp3) is 0.929. The molecular formula is C14H26N2O2. The molecule has 3 unspecified atom stereocenters. The molecule has 104 valence electrons. The highest BCUT2D eigenvalue weighted by Crippen LogP contribution is 2.45. The van der Waals surface area contributed by atoms with Gasteiger partial charge in [-0.3, -0.25) is 4.79 Å². The molecule has 4 nitrogen and oxygen atoms in total. The first-order chi connectivity index (χ1) is 8.48. The van der Waals surface area contributed by atoms with Gasteiger partial charge in [-0.15, -0.1) is 0 Å². The lowest BCUT2D eigenvalue weighted by molar-refractivity contribution is -0.165. The van der Waals surface area contributed by atoms with E-state index in [1.165, 1.54) is 0 Å². The van der Waals surface area contributed by atoms with Gasteiger partial charge in [0.25, 0.3) is 0 Å². The van der Waals surface area contributed by atoms with Crippen molar-refractivity contribution >= 4 is 5.91 Å². The minimum absolute atomic E-state index is 0.0758. The first-order valence-electron chi connectivity index (χ1n) is 7.07. The van der Waals surface area contributed by atoms with Crippen LogP contribution in [0, 0.1) is 11.3 Å². The lowest BCUT2D eigenvalue weighted by Crippen LogP contribution is -2.63. The second-order valence-corrected chi connectivity index (χ2v) is 6.16. The van der Waals surface area contributed by atoms with Crippen molar-refractivity contribution in [2.24, 2.45) is 11.3 Å². The molecule has 1 aliphatic heterocycles. The topological polar surface area (TPSA) is 41.6 Å². The zero-order chi connectivity index (χ0) is 13.3. The van der Waals surface area contributed by atoms with Crippen molar-refractivity contribution in [3.8, 4) is 0 Å². The van der Waals surface area contributed by atoms with Gasteiger partial charge in [0.2, 0.25) is 5.91 Å². The zero-order valence-electron chi connectivity index (χ0n) is 12.0. The summed E-state index contributed by atoms with van der Waals surface area (Å²) in [6.07, 6.45) is 2.25. The minimum atomic E-state index is 0.0758. The van der Waals surface area contributed by atoms with Gasteiger partial charge in [0.15, 0.2) is 0 Å². The van der Waals surface area contributed by atoms with E-state index in [4.69, 9.17) is 4.74 Å². The summed E-state index contributed by atoms with van der Waals surface area (Å²) in [4.78, 5) is 14.3. The van der Waals surface area contributed by atoms with Gasteiger partial charge >= 0.3 is 0 Å². The van der Waals surface area contributed by atoms with Crippen LogP contribution in [0.25, 0.3) is 0 Å². The Labute approximate surface area is 110 Å². The summed E-state index contributed by atoms with van der Waals surface area (Å²) in [6.45, 7) is 9.01. The average molecular weight is 254 g/mol. The highest BCUT2D eigenvalue weighted by molar-refractivity contribution is 5.79. The third-order valence-corrected chi connectivity index (χ3v) is 4.72. The number of rotatable bonds is 4. The maximum atomic E-state index is 12.4. The summed E-state index contributed by atoms with van der Waals surface area (Å²) in [5.41, 5.74) is 0.0758. The van der Waals surface area contributed by atoms with E-state index < -0.39 is 0 Å². The molecule has 0 aromatic rings. The van der Waals surface area contributed by atoms with Crippen LogP contribution in [0.2, 0.25) is 0 Å². The van der Waals surface area contributed by atoms with E-state index in [0.29, 0.717) is 18.1 Å². The Bertz CT molecular complexity index is 311. The standard InChI is InChI=1S/C14H26N2O2/c1-5-18-12-8-11(14(12,2)3)16(4)13(17)10-6-7-15-9-10/h10-12,15H,5-9H2,1-4H3. The molecule has 18 heavy (non-hydrogen) atoms. The van der Waals surface area contributed by atoms with E-state index in [0.717, 1.165) is 32.5 Å². The molecule has 4 heteroatoms. The van der Waals surface area contributed by atoms with Crippen molar-refractivity contribution in [1.82, 2.24) is 10.2 Å². The summed E-state index contributed by atoms with van der Waals surface area (Å²) < 4.78 is 5.73. The summed E-state index contributed by atoms with van der Waals surface area (Å²) >= 11 is 0. The number of ether oxygens (including phenoxy) is 1. The summed E-state index contributed by atoms with van der Waals surface area (Å²) in [7, 11) is 1.95. The smallest absolute Gasteiger partial charge is 0.227 e. The van der Waals surface area contributed by atoms with E-state index in [1.54, 1.807) is 0 Å². The quantitative estimate of drug-likeness (QED) is 0.821. The fourth-order valence-corrected chi connectivity index (χ4v) is 3.31. The molecule has 1 saturated carbocycles. The summed E-state index contributed by atoms with van der Waals surface area (Å²) in [5.74, 6) is 0.477. The van der Waals surface area contributed by atoms with Gasteiger partial charge in [0.05, 0.1) is 12.0 Å². The number of hydrogen-bond donors (Lipinski definition) is 1. The maximum absolute atomic E-state index is 12.4. The van der Waals surface area contributed by atoms with Crippen LogP contribution in [-0.4, -0.2) is 49.7 Å². The van der Waals surface area contributed by atoms with Crippen molar-refractivity contribution in [3.63, 3.8) is 0 Å². The first-order valence-corrected chi connectivity index (χ1v) is 7.07. The molecule has 2 aliphatic rings. The molecule has 2 rings (SSSR count). The van der Waals surface area contributed by atoms with Gasteiger partial charge in [-0.2, -0.15) is 0 Å². The highest BCUT2D eigenvalue weighted by atomic mass is 16.5. The van der Waals surface area contributed by atoms with E-state index in [1.807, 2.05) is 18.9 Å². The molecule has 3 atom stereocenters. The Morgan fingerprint density at radius 1 is 1.50 bits per heavy atom. The van der Waals surface area contributed by atoms with Crippen molar-refractivity contribution < 1.29 is 9.53 Å². The Morgan fingerprint density at radius 3 is 2.72 bits per heavy atom. The maximum Gasteiger partial charge on any atom is 0.227 e. The molecule has 0 bridgehead atoms. The SMILES string of the molecule is CCOC1CC(N(C)C(=O)C2CCNC2)C1(C)C. The van der Waals surface area contributed by atoms with Crippen LogP contribution in [0.1, 0.15) is 33.6 Å². The average Bonchev–Trinajstić information content (AvgIpc) is 2.86. The number of nitrogens with one attached hydrogen (secondary N) is 1. The first kappa shape index (κ1) is 13.8. The van der Waals surface area contributed by atoms with E-state index in [9.17, 15) is 4.79 Å². The van der Waals surface area contributed by atoms with Crippen molar-refractivity contribution in [3.05, 3.63) is 0 Å². The highest BCUT2D eigenvalue weighted by Gasteiger charge is 2.52. The number of hydrogen-bond acceptors (Lipinski definition) is 3.